The Balaban J connectivity index is 1.16. The Morgan fingerprint density at radius 3 is 2.61 bits per heavy atom. The van der Waals surface area contributed by atoms with E-state index in [9.17, 15) is 9.59 Å². The summed E-state index contributed by atoms with van der Waals surface area (Å²) in [6.45, 7) is 1.62. The number of hydrogen-bond donors (Lipinski definition) is 2. The van der Waals surface area contributed by atoms with E-state index in [1.165, 1.54) is 12.8 Å². The highest BCUT2D eigenvalue weighted by Gasteiger charge is 2.47. The summed E-state index contributed by atoms with van der Waals surface area (Å²) in [6.07, 6.45) is 6.19. The van der Waals surface area contributed by atoms with Crippen LogP contribution in [0.5, 0.6) is 5.75 Å². The largest absolute Gasteiger partial charge is 0.494 e. The SMILES string of the molecule is COc1cc(C(=O)N2CC3CCC2[C@@H]3N)cc2nc(-c3cc4ccc(-c5ccc6[nH]ccc(=O)c6c5)cc4n3CC3CC3)n(C)c12. The number of aromatic nitrogens is 4. The van der Waals surface area contributed by atoms with Crippen molar-refractivity contribution in [1.29, 1.82) is 0 Å². The van der Waals surface area contributed by atoms with E-state index in [2.05, 4.69) is 44.5 Å². The Morgan fingerprint density at radius 2 is 1.85 bits per heavy atom. The molecule has 1 saturated heterocycles. The van der Waals surface area contributed by atoms with Crippen molar-refractivity contribution in [3.63, 3.8) is 0 Å². The third-order valence-electron chi connectivity index (χ3n) is 10.7. The third kappa shape index (κ3) is 4.14. The van der Waals surface area contributed by atoms with Gasteiger partial charge in [0.05, 0.1) is 18.3 Å². The molecule has 0 spiro atoms. The van der Waals surface area contributed by atoms with Crippen LogP contribution in [0, 0.1) is 11.8 Å². The van der Waals surface area contributed by atoms with E-state index < -0.39 is 0 Å². The van der Waals surface area contributed by atoms with Crippen LogP contribution in [0.3, 0.4) is 0 Å². The minimum absolute atomic E-state index is 0.00103. The van der Waals surface area contributed by atoms with Crippen molar-refractivity contribution in [2.75, 3.05) is 13.7 Å². The quantitative estimate of drug-likeness (QED) is 0.251. The molecule has 46 heavy (non-hydrogen) atoms. The van der Waals surface area contributed by atoms with Gasteiger partial charge in [0.2, 0.25) is 0 Å². The fraction of sp³-hybridized carbons (Fsp3) is 0.324. The van der Waals surface area contributed by atoms with E-state index in [0.717, 1.165) is 76.0 Å². The van der Waals surface area contributed by atoms with Gasteiger partial charge in [-0.3, -0.25) is 9.59 Å². The third-order valence-corrected chi connectivity index (χ3v) is 10.7. The van der Waals surface area contributed by atoms with Gasteiger partial charge < -0.3 is 29.5 Å². The minimum atomic E-state index is 0.00103. The Morgan fingerprint density at radius 1 is 1.02 bits per heavy atom. The molecule has 3 aliphatic rings. The van der Waals surface area contributed by atoms with Crippen LogP contribution in [-0.2, 0) is 13.6 Å². The molecule has 2 saturated carbocycles. The number of nitrogens with two attached hydrogens (primary N) is 1. The van der Waals surface area contributed by atoms with Gasteiger partial charge in [0.1, 0.15) is 11.3 Å². The summed E-state index contributed by atoms with van der Waals surface area (Å²) in [4.78, 5) is 36.6. The van der Waals surface area contributed by atoms with Crippen LogP contribution in [0.25, 0.3) is 55.5 Å². The van der Waals surface area contributed by atoms with Gasteiger partial charge in [0.25, 0.3) is 5.91 Å². The summed E-state index contributed by atoms with van der Waals surface area (Å²) in [5.74, 6) is 2.48. The van der Waals surface area contributed by atoms with Crippen molar-refractivity contribution in [2.24, 2.45) is 24.6 Å². The number of ether oxygens (including phenoxy) is 1. The van der Waals surface area contributed by atoms with Crippen molar-refractivity contribution in [3.05, 3.63) is 82.6 Å². The number of carbonyl (C=O) groups excluding carboxylic acids is 1. The number of benzene rings is 3. The molecule has 9 nitrogen and oxygen atoms in total. The molecule has 9 rings (SSSR count). The highest BCUT2D eigenvalue weighted by atomic mass is 16.5. The second-order valence-electron chi connectivity index (χ2n) is 13.4. The van der Waals surface area contributed by atoms with Gasteiger partial charge in [-0.25, -0.2) is 4.98 Å². The first-order chi connectivity index (χ1) is 22.4. The van der Waals surface area contributed by atoms with Crippen LogP contribution in [0.1, 0.15) is 36.0 Å². The normalized spacial score (nSPS) is 20.8. The lowest BCUT2D eigenvalue weighted by molar-refractivity contribution is 0.0700. The second-order valence-corrected chi connectivity index (χ2v) is 13.4. The number of H-pyrrole nitrogens is 1. The predicted octanol–water partition coefficient (Wildman–Crippen LogP) is 5.68. The molecule has 3 aromatic heterocycles. The Hall–Kier alpha value is -4.89. The predicted molar refractivity (Wildman–Crippen MR) is 180 cm³/mol. The van der Waals surface area contributed by atoms with Crippen LogP contribution in [0.2, 0.25) is 0 Å². The van der Waals surface area contributed by atoms with Crippen molar-refractivity contribution in [3.8, 4) is 28.4 Å². The number of likely N-dealkylation sites (tertiary alicyclic amines) is 1. The van der Waals surface area contributed by atoms with Crippen LogP contribution < -0.4 is 15.9 Å². The van der Waals surface area contributed by atoms with E-state index in [1.807, 2.05) is 36.2 Å². The van der Waals surface area contributed by atoms with Gasteiger partial charge >= 0.3 is 0 Å². The van der Waals surface area contributed by atoms with Crippen molar-refractivity contribution >= 4 is 38.7 Å². The summed E-state index contributed by atoms with van der Waals surface area (Å²) < 4.78 is 10.4. The van der Waals surface area contributed by atoms with Crippen LogP contribution in [-0.4, -0.2) is 55.6 Å². The summed E-state index contributed by atoms with van der Waals surface area (Å²) >= 11 is 0. The van der Waals surface area contributed by atoms with Gasteiger partial charge in [0.15, 0.2) is 11.3 Å². The molecule has 3 atom stereocenters. The number of amides is 1. The Kier molecular flexibility index (Phi) is 5.99. The standard InChI is InChI=1S/C37H36N6O3/c1-41-35-28(14-25(17-33(35)46-2)37(45)43-19-24-8-10-29(43)34(24)38)40-36(41)31-16-23-6-5-22(15-30(23)42(31)18-20-3-4-20)21-7-9-27-26(13-21)32(44)11-12-39-27/h5-7,9,11-17,20,24,29,34H,3-4,8,10,18-19,38H2,1-2H3,(H,39,44)/t24?,29?,34-/m1/s1. The Labute approximate surface area is 265 Å². The lowest BCUT2D eigenvalue weighted by atomic mass is 10.0. The first kappa shape index (κ1) is 27.4. The molecule has 9 heteroatoms. The highest BCUT2D eigenvalue weighted by Crippen LogP contribution is 2.41. The number of hydrogen-bond acceptors (Lipinski definition) is 5. The number of methoxy groups -OCH3 is 1. The van der Waals surface area contributed by atoms with E-state index in [1.54, 1.807) is 19.4 Å². The minimum Gasteiger partial charge on any atom is -0.494 e. The molecule has 2 bridgehead atoms. The lowest BCUT2D eigenvalue weighted by Crippen LogP contribution is -2.41. The molecule has 1 amide bonds. The molecular weight excluding hydrogens is 576 g/mol. The van der Waals surface area contributed by atoms with Crippen LogP contribution in [0.4, 0.5) is 0 Å². The summed E-state index contributed by atoms with van der Waals surface area (Å²) in [7, 11) is 3.67. The van der Waals surface area contributed by atoms with Crippen LogP contribution >= 0.6 is 0 Å². The maximum absolute atomic E-state index is 13.8. The molecule has 2 aliphatic carbocycles. The number of aromatic amines is 1. The first-order valence-corrected chi connectivity index (χ1v) is 16.2. The molecule has 3 aromatic carbocycles. The maximum atomic E-state index is 13.8. The fourth-order valence-electron chi connectivity index (χ4n) is 7.99. The number of nitrogens with zero attached hydrogens (tertiary/aromatic N) is 4. The molecular formula is C37H36N6O3. The number of pyridine rings is 1. The van der Waals surface area contributed by atoms with Gasteiger partial charge in [-0.05, 0) is 85.0 Å². The lowest BCUT2D eigenvalue weighted by Gasteiger charge is -2.27. The van der Waals surface area contributed by atoms with Crippen molar-refractivity contribution < 1.29 is 9.53 Å². The molecule has 3 fully saturated rings. The number of aryl methyl sites for hydroxylation is 1. The maximum Gasteiger partial charge on any atom is 0.254 e. The second kappa shape index (κ2) is 10.1. The molecule has 4 heterocycles. The zero-order valence-electron chi connectivity index (χ0n) is 26.0. The monoisotopic (exact) mass is 612 g/mol. The fourth-order valence-corrected chi connectivity index (χ4v) is 7.99. The smallest absolute Gasteiger partial charge is 0.254 e. The van der Waals surface area contributed by atoms with Crippen molar-refractivity contribution in [1.82, 2.24) is 24.0 Å². The number of rotatable bonds is 6. The van der Waals surface area contributed by atoms with Crippen LogP contribution in [0.15, 0.2) is 71.7 Å². The number of carbonyl (C=O) groups is 1. The molecule has 1 aliphatic heterocycles. The summed E-state index contributed by atoms with van der Waals surface area (Å²) in [6, 6.07) is 20.2. The molecule has 2 unspecified atom stereocenters. The van der Waals surface area contributed by atoms with Gasteiger partial charge in [0, 0.05) is 71.9 Å². The summed E-state index contributed by atoms with van der Waals surface area (Å²) in [5, 5.41) is 1.81. The van der Waals surface area contributed by atoms with Gasteiger partial charge in [-0.15, -0.1) is 0 Å². The van der Waals surface area contributed by atoms with Gasteiger partial charge in [-0.2, -0.15) is 0 Å². The van der Waals surface area contributed by atoms with E-state index in [-0.39, 0.29) is 23.4 Å². The molecule has 232 valence electrons. The van der Waals surface area contributed by atoms with Gasteiger partial charge in [-0.1, -0.05) is 18.2 Å². The summed E-state index contributed by atoms with van der Waals surface area (Å²) in [5.41, 5.74) is 13.7. The average molecular weight is 613 g/mol. The van der Waals surface area contributed by atoms with E-state index >= 15 is 0 Å². The number of piperidine rings is 1. The molecule has 6 aromatic rings. The number of fused-ring (bicyclic) bond motifs is 5. The zero-order chi connectivity index (χ0) is 31.3. The number of imidazole rings is 1. The number of nitrogens with one attached hydrogen (secondary N) is 1. The van der Waals surface area contributed by atoms with E-state index in [4.69, 9.17) is 15.5 Å². The average Bonchev–Trinajstić information content (AvgIpc) is 3.48. The molecule has 3 N–H and O–H groups in total. The van der Waals surface area contributed by atoms with Crippen molar-refractivity contribution in [2.45, 2.75) is 44.3 Å². The van der Waals surface area contributed by atoms with E-state index in [0.29, 0.717) is 28.5 Å². The first-order valence-electron chi connectivity index (χ1n) is 16.2. The molecule has 0 radical (unpaired) electrons. The zero-order valence-corrected chi connectivity index (χ0v) is 26.0. The highest BCUT2D eigenvalue weighted by molar-refractivity contribution is 6.01. The topological polar surface area (TPSA) is 111 Å². The Bertz CT molecular complexity index is 2270.